The fraction of sp³-hybridized carbons (Fsp3) is 0.133. The Morgan fingerprint density at radius 3 is 2.74 bits per heavy atom. The molecule has 0 spiro atoms. The van der Waals surface area contributed by atoms with Gasteiger partial charge >= 0.3 is 0 Å². The summed E-state index contributed by atoms with van der Waals surface area (Å²) >= 11 is 1.61. The highest BCUT2D eigenvalue weighted by atomic mass is 32.1. The van der Waals surface area contributed by atoms with E-state index in [4.69, 9.17) is 4.74 Å². The van der Waals surface area contributed by atoms with Gasteiger partial charge in [-0.25, -0.2) is 4.98 Å². The third-order valence-electron chi connectivity index (χ3n) is 3.06. The highest BCUT2D eigenvalue weighted by Gasteiger charge is 2.06. The Kier molecular flexibility index (Phi) is 3.33. The van der Waals surface area contributed by atoms with E-state index in [1.165, 1.54) is 10.9 Å². The van der Waals surface area contributed by atoms with Gasteiger partial charge in [-0.15, -0.1) is 11.3 Å². The number of nitrogens with one attached hydrogen (secondary N) is 1. The van der Waals surface area contributed by atoms with E-state index in [2.05, 4.69) is 34.6 Å². The van der Waals surface area contributed by atoms with Gasteiger partial charge in [-0.05, 0) is 17.0 Å². The van der Waals surface area contributed by atoms with Crippen LogP contribution in [-0.2, 0) is 6.54 Å². The molecule has 19 heavy (non-hydrogen) atoms. The van der Waals surface area contributed by atoms with Crippen molar-refractivity contribution in [2.45, 2.75) is 6.54 Å². The van der Waals surface area contributed by atoms with E-state index in [1.807, 2.05) is 17.5 Å². The Hall–Kier alpha value is -2.07. The van der Waals surface area contributed by atoms with Crippen LogP contribution in [0.15, 0.2) is 48.0 Å². The lowest BCUT2D eigenvalue weighted by Crippen LogP contribution is -2.00. The Labute approximate surface area is 115 Å². The maximum Gasteiger partial charge on any atom is 0.182 e. The van der Waals surface area contributed by atoms with Gasteiger partial charge < -0.3 is 10.1 Å². The molecule has 3 nitrogen and oxygen atoms in total. The molecule has 2 aromatic carbocycles. The largest absolute Gasteiger partial charge is 0.496 e. The molecule has 0 saturated heterocycles. The van der Waals surface area contributed by atoms with E-state index in [-0.39, 0.29) is 0 Å². The zero-order valence-electron chi connectivity index (χ0n) is 10.6. The molecule has 0 radical (unpaired) electrons. The lowest BCUT2D eigenvalue weighted by atomic mass is 10.0. The third kappa shape index (κ3) is 2.39. The average Bonchev–Trinajstić information content (AvgIpc) is 2.98. The first kappa shape index (κ1) is 12.0. The van der Waals surface area contributed by atoms with Crippen molar-refractivity contribution in [1.82, 2.24) is 4.98 Å². The van der Waals surface area contributed by atoms with Crippen LogP contribution in [-0.4, -0.2) is 12.1 Å². The molecule has 1 N–H and O–H groups in total. The van der Waals surface area contributed by atoms with Gasteiger partial charge in [0.1, 0.15) is 5.75 Å². The molecule has 3 rings (SSSR count). The molecule has 0 aliphatic heterocycles. The summed E-state index contributed by atoms with van der Waals surface area (Å²) < 4.78 is 5.40. The molecular formula is C15H14N2OS. The number of hydrogen-bond acceptors (Lipinski definition) is 4. The molecule has 0 aliphatic carbocycles. The Bertz CT molecular complexity index is 680. The fourth-order valence-electron chi connectivity index (χ4n) is 2.15. The fourth-order valence-corrected chi connectivity index (χ4v) is 2.68. The smallest absolute Gasteiger partial charge is 0.182 e. The summed E-state index contributed by atoms with van der Waals surface area (Å²) in [6.07, 6.45) is 1.80. The standard InChI is InChI=1S/C15H14N2OS/c1-18-14-7-6-11(10-17-15-16-8-9-19-15)12-4-2-3-5-13(12)14/h2-9H,10H2,1H3,(H,16,17). The Balaban J connectivity index is 1.95. The molecular weight excluding hydrogens is 256 g/mol. The first-order chi connectivity index (χ1) is 9.38. The number of hydrogen-bond donors (Lipinski definition) is 1. The predicted molar refractivity (Wildman–Crippen MR) is 79.9 cm³/mol. The Morgan fingerprint density at radius 2 is 2.00 bits per heavy atom. The summed E-state index contributed by atoms with van der Waals surface area (Å²) in [6, 6.07) is 12.4. The van der Waals surface area contributed by atoms with Crippen molar-refractivity contribution >= 4 is 27.2 Å². The Morgan fingerprint density at radius 1 is 1.16 bits per heavy atom. The number of ether oxygens (including phenoxy) is 1. The number of fused-ring (bicyclic) bond motifs is 1. The number of methoxy groups -OCH3 is 1. The molecule has 1 heterocycles. The summed E-state index contributed by atoms with van der Waals surface area (Å²) in [4.78, 5) is 4.23. The van der Waals surface area contributed by atoms with E-state index >= 15 is 0 Å². The van der Waals surface area contributed by atoms with Crippen molar-refractivity contribution < 1.29 is 4.74 Å². The average molecular weight is 270 g/mol. The molecule has 0 saturated carbocycles. The molecule has 0 atom stereocenters. The van der Waals surface area contributed by atoms with Gasteiger partial charge in [0, 0.05) is 23.5 Å². The monoisotopic (exact) mass is 270 g/mol. The number of benzene rings is 2. The SMILES string of the molecule is COc1ccc(CNc2nccs2)c2ccccc12. The summed E-state index contributed by atoms with van der Waals surface area (Å²) in [5, 5.41) is 8.60. The van der Waals surface area contributed by atoms with Crippen molar-refractivity contribution in [2.75, 3.05) is 12.4 Å². The van der Waals surface area contributed by atoms with Crippen molar-refractivity contribution in [3.05, 3.63) is 53.5 Å². The maximum absolute atomic E-state index is 5.40. The molecule has 0 fully saturated rings. The van der Waals surface area contributed by atoms with Crippen LogP contribution < -0.4 is 10.1 Å². The van der Waals surface area contributed by atoms with Crippen LogP contribution in [0.1, 0.15) is 5.56 Å². The predicted octanol–water partition coefficient (Wildman–Crippen LogP) is 3.92. The molecule has 0 amide bonds. The van der Waals surface area contributed by atoms with Gasteiger partial charge in [0.2, 0.25) is 0 Å². The molecule has 96 valence electrons. The minimum Gasteiger partial charge on any atom is -0.496 e. The van der Waals surface area contributed by atoms with Crippen LogP contribution in [0.5, 0.6) is 5.75 Å². The number of rotatable bonds is 4. The zero-order valence-corrected chi connectivity index (χ0v) is 11.4. The highest BCUT2D eigenvalue weighted by Crippen LogP contribution is 2.28. The first-order valence-corrected chi connectivity index (χ1v) is 6.94. The molecule has 1 aromatic heterocycles. The lowest BCUT2D eigenvalue weighted by molar-refractivity contribution is 0.419. The minimum atomic E-state index is 0.762. The summed E-state index contributed by atoms with van der Waals surface area (Å²) in [7, 11) is 1.70. The van der Waals surface area contributed by atoms with Crippen LogP contribution in [0.3, 0.4) is 0 Å². The van der Waals surface area contributed by atoms with Gasteiger partial charge in [-0.2, -0.15) is 0 Å². The van der Waals surface area contributed by atoms with Gasteiger partial charge in [0.05, 0.1) is 7.11 Å². The van der Waals surface area contributed by atoms with Crippen molar-refractivity contribution in [3.8, 4) is 5.75 Å². The first-order valence-electron chi connectivity index (χ1n) is 6.06. The topological polar surface area (TPSA) is 34.1 Å². The van der Waals surface area contributed by atoms with Gasteiger partial charge in [-0.1, -0.05) is 30.3 Å². The summed E-state index contributed by atoms with van der Waals surface area (Å²) in [5.74, 6) is 0.911. The van der Waals surface area contributed by atoms with E-state index in [9.17, 15) is 0 Å². The van der Waals surface area contributed by atoms with Crippen LogP contribution in [0.25, 0.3) is 10.8 Å². The van der Waals surface area contributed by atoms with Gasteiger partial charge in [0.15, 0.2) is 5.13 Å². The van der Waals surface area contributed by atoms with Crippen LogP contribution in [0.2, 0.25) is 0 Å². The second kappa shape index (κ2) is 5.28. The summed E-state index contributed by atoms with van der Waals surface area (Å²) in [6.45, 7) is 0.762. The summed E-state index contributed by atoms with van der Waals surface area (Å²) in [5.41, 5.74) is 1.24. The van der Waals surface area contributed by atoms with Crippen LogP contribution in [0.4, 0.5) is 5.13 Å². The van der Waals surface area contributed by atoms with E-state index < -0.39 is 0 Å². The second-order valence-corrected chi connectivity index (χ2v) is 5.06. The third-order valence-corrected chi connectivity index (χ3v) is 3.79. The van der Waals surface area contributed by atoms with E-state index in [0.717, 1.165) is 22.8 Å². The molecule has 4 heteroatoms. The lowest BCUT2D eigenvalue weighted by Gasteiger charge is -2.10. The molecule has 0 aliphatic rings. The maximum atomic E-state index is 5.40. The van der Waals surface area contributed by atoms with E-state index in [1.54, 1.807) is 24.6 Å². The van der Waals surface area contributed by atoms with Crippen molar-refractivity contribution in [3.63, 3.8) is 0 Å². The van der Waals surface area contributed by atoms with Crippen LogP contribution >= 0.6 is 11.3 Å². The number of thiazole rings is 1. The van der Waals surface area contributed by atoms with Crippen molar-refractivity contribution in [2.24, 2.45) is 0 Å². The number of nitrogens with zero attached hydrogens (tertiary/aromatic N) is 1. The molecule has 0 bridgehead atoms. The van der Waals surface area contributed by atoms with Crippen LogP contribution in [0, 0.1) is 0 Å². The zero-order chi connectivity index (χ0) is 13.1. The van der Waals surface area contributed by atoms with Gasteiger partial charge in [-0.3, -0.25) is 0 Å². The highest BCUT2D eigenvalue weighted by molar-refractivity contribution is 7.13. The van der Waals surface area contributed by atoms with Crippen molar-refractivity contribution in [1.29, 1.82) is 0 Å². The number of aromatic nitrogens is 1. The molecule has 3 aromatic rings. The quantitative estimate of drug-likeness (QED) is 0.780. The minimum absolute atomic E-state index is 0.762. The second-order valence-electron chi connectivity index (χ2n) is 4.16. The number of anilines is 1. The molecule has 0 unspecified atom stereocenters. The van der Waals surface area contributed by atoms with E-state index in [0.29, 0.717) is 0 Å². The normalized spacial score (nSPS) is 10.6. The van der Waals surface area contributed by atoms with Gasteiger partial charge in [0.25, 0.3) is 0 Å².